The van der Waals surface area contributed by atoms with Gasteiger partial charge in [0.05, 0.1) is 0 Å². The van der Waals surface area contributed by atoms with Crippen molar-refractivity contribution in [1.29, 1.82) is 0 Å². The van der Waals surface area contributed by atoms with E-state index in [1.165, 1.54) is 11.8 Å². The van der Waals surface area contributed by atoms with Crippen molar-refractivity contribution in [2.24, 2.45) is 5.41 Å². The van der Waals surface area contributed by atoms with E-state index in [4.69, 9.17) is 0 Å². The standard InChI is InChI=1S/C7H14OS/c1-5-9-6(8)7(2,3)4/h5H2,1-4H3. The van der Waals surface area contributed by atoms with E-state index in [9.17, 15) is 4.79 Å². The van der Waals surface area contributed by atoms with Gasteiger partial charge in [0.2, 0.25) is 0 Å². The molecule has 1 nitrogen and oxygen atoms in total. The van der Waals surface area contributed by atoms with Gasteiger partial charge >= 0.3 is 0 Å². The molecule has 0 saturated carbocycles. The Bertz CT molecular complexity index is 102. The predicted octanol–water partition coefficient (Wildman–Crippen LogP) is 2.31. The van der Waals surface area contributed by atoms with E-state index in [1.54, 1.807) is 0 Å². The zero-order valence-electron chi connectivity index (χ0n) is 6.52. The third kappa shape index (κ3) is 3.57. The van der Waals surface area contributed by atoms with E-state index in [0.717, 1.165) is 5.75 Å². The minimum atomic E-state index is -0.166. The summed E-state index contributed by atoms with van der Waals surface area (Å²) < 4.78 is 0. The summed E-state index contributed by atoms with van der Waals surface area (Å²) in [6.45, 7) is 7.82. The van der Waals surface area contributed by atoms with Crippen LogP contribution in [-0.2, 0) is 4.79 Å². The number of hydrogen-bond donors (Lipinski definition) is 0. The highest BCUT2D eigenvalue weighted by atomic mass is 32.2. The second kappa shape index (κ2) is 3.25. The van der Waals surface area contributed by atoms with Crippen LogP contribution >= 0.6 is 11.8 Å². The summed E-state index contributed by atoms with van der Waals surface area (Å²) in [4.78, 5) is 11.0. The van der Waals surface area contributed by atoms with Crippen LogP contribution in [0, 0.1) is 5.41 Å². The van der Waals surface area contributed by atoms with Crippen LogP contribution < -0.4 is 0 Å². The molecule has 0 amide bonds. The Morgan fingerprint density at radius 2 is 1.89 bits per heavy atom. The Morgan fingerprint density at radius 3 is 2.00 bits per heavy atom. The van der Waals surface area contributed by atoms with Crippen molar-refractivity contribution >= 4 is 16.9 Å². The summed E-state index contributed by atoms with van der Waals surface area (Å²) in [5.74, 6) is 0.885. The normalized spacial score (nSPS) is 11.6. The molecule has 0 rings (SSSR count). The minimum absolute atomic E-state index is 0.166. The lowest BCUT2D eigenvalue weighted by molar-refractivity contribution is -0.117. The van der Waals surface area contributed by atoms with Gasteiger partial charge in [0.25, 0.3) is 0 Å². The second-order valence-electron chi connectivity index (χ2n) is 2.97. The monoisotopic (exact) mass is 146 g/mol. The van der Waals surface area contributed by atoms with Crippen molar-refractivity contribution in [2.45, 2.75) is 27.7 Å². The molecule has 0 aromatic heterocycles. The summed E-state index contributed by atoms with van der Waals surface area (Å²) in [6.07, 6.45) is 0. The van der Waals surface area contributed by atoms with E-state index in [2.05, 4.69) is 0 Å². The average molecular weight is 146 g/mol. The highest BCUT2D eigenvalue weighted by molar-refractivity contribution is 8.13. The summed E-state index contributed by atoms with van der Waals surface area (Å²) in [5.41, 5.74) is -0.166. The summed E-state index contributed by atoms with van der Waals surface area (Å²) in [6, 6.07) is 0. The lowest BCUT2D eigenvalue weighted by Gasteiger charge is -2.14. The number of carbonyl (C=O) groups is 1. The van der Waals surface area contributed by atoms with Gasteiger partial charge in [-0.05, 0) is 5.75 Å². The van der Waals surface area contributed by atoms with Crippen LogP contribution in [0.15, 0.2) is 0 Å². The van der Waals surface area contributed by atoms with Gasteiger partial charge in [-0.1, -0.05) is 39.5 Å². The molecule has 0 fully saturated rings. The predicted molar refractivity (Wildman–Crippen MR) is 42.6 cm³/mol. The van der Waals surface area contributed by atoms with Crippen LogP contribution in [0.4, 0.5) is 0 Å². The van der Waals surface area contributed by atoms with Crippen LogP contribution in [0.2, 0.25) is 0 Å². The highest BCUT2D eigenvalue weighted by Crippen LogP contribution is 2.21. The van der Waals surface area contributed by atoms with E-state index in [0.29, 0.717) is 0 Å². The summed E-state index contributed by atoms with van der Waals surface area (Å²) in [5, 5.41) is 0.282. The Labute approximate surface area is 61.2 Å². The lowest BCUT2D eigenvalue weighted by Crippen LogP contribution is -2.16. The zero-order chi connectivity index (χ0) is 7.49. The van der Waals surface area contributed by atoms with Crippen molar-refractivity contribution in [3.63, 3.8) is 0 Å². The van der Waals surface area contributed by atoms with Crippen molar-refractivity contribution < 1.29 is 4.79 Å². The Balaban J connectivity index is 3.74. The third-order valence-corrected chi connectivity index (χ3v) is 2.05. The Hall–Kier alpha value is 0.0200. The highest BCUT2D eigenvalue weighted by Gasteiger charge is 2.20. The first-order valence-electron chi connectivity index (χ1n) is 3.15. The van der Waals surface area contributed by atoms with Gasteiger partial charge in [-0.15, -0.1) is 0 Å². The molecule has 2 heteroatoms. The maximum Gasteiger partial charge on any atom is 0.194 e. The summed E-state index contributed by atoms with van der Waals surface area (Å²) >= 11 is 1.40. The minimum Gasteiger partial charge on any atom is -0.287 e. The molecule has 0 aliphatic heterocycles. The fourth-order valence-electron chi connectivity index (χ4n) is 0.348. The average Bonchev–Trinajstić information content (AvgIpc) is 1.64. The Kier molecular flexibility index (Phi) is 3.26. The molecule has 0 aromatic carbocycles. The number of thioether (sulfide) groups is 1. The first-order valence-corrected chi connectivity index (χ1v) is 4.14. The van der Waals surface area contributed by atoms with Crippen LogP contribution in [0.25, 0.3) is 0 Å². The molecule has 54 valence electrons. The van der Waals surface area contributed by atoms with Crippen LogP contribution in [-0.4, -0.2) is 10.9 Å². The molecule has 0 aliphatic carbocycles. The second-order valence-corrected chi connectivity index (χ2v) is 4.21. The molecule has 0 aliphatic rings. The Morgan fingerprint density at radius 1 is 1.44 bits per heavy atom. The fourth-order valence-corrected chi connectivity index (χ4v) is 1.04. The third-order valence-electron chi connectivity index (χ3n) is 0.888. The van der Waals surface area contributed by atoms with E-state index >= 15 is 0 Å². The van der Waals surface area contributed by atoms with Gasteiger partial charge < -0.3 is 0 Å². The quantitative estimate of drug-likeness (QED) is 0.564. The van der Waals surface area contributed by atoms with Gasteiger partial charge in [-0.3, -0.25) is 4.79 Å². The van der Waals surface area contributed by atoms with E-state index in [1.807, 2.05) is 27.7 Å². The molecule has 0 bridgehead atoms. The van der Waals surface area contributed by atoms with Gasteiger partial charge in [0.15, 0.2) is 5.12 Å². The van der Waals surface area contributed by atoms with Crippen molar-refractivity contribution in [2.75, 3.05) is 5.75 Å². The van der Waals surface area contributed by atoms with Crippen molar-refractivity contribution in [3.05, 3.63) is 0 Å². The van der Waals surface area contributed by atoms with Crippen molar-refractivity contribution in [1.82, 2.24) is 0 Å². The molecule has 0 N–H and O–H groups in total. The van der Waals surface area contributed by atoms with Crippen LogP contribution in [0.5, 0.6) is 0 Å². The molecule has 9 heavy (non-hydrogen) atoms. The molecular weight excluding hydrogens is 132 g/mol. The van der Waals surface area contributed by atoms with Crippen LogP contribution in [0.3, 0.4) is 0 Å². The molecule has 0 radical (unpaired) electrons. The lowest BCUT2D eigenvalue weighted by atomic mass is 10.00. The number of carbonyl (C=O) groups excluding carboxylic acids is 1. The molecule has 0 unspecified atom stereocenters. The molecule has 0 aromatic rings. The largest absolute Gasteiger partial charge is 0.287 e. The molecule has 0 spiro atoms. The first kappa shape index (κ1) is 9.02. The topological polar surface area (TPSA) is 17.1 Å². The number of hydrogen-bond acceptors (Lipinski definition) is 2. The molecule has 0 atom stereocenters. The molecule has 0 heterocycles. The first-order chi connectivity index (χ1) is 3.98. The van der Waals surface area contributed by atoms with Gasteiger partial charge in [0.1, 0.15) is 0 Å². The molecule has 0 saturated heterocycles. The van der Waals surface area contributed by atoms with Crippen molar-refractivity contribution in [3.8, 4) is 0 Å². The zero-order valence-corrected chi connectivity index (χ0v) is 7.34. The van der Waals surface area contributed by atoms with Gasteiger partial charge in [-0.25, -0.2) is 0 Å². The maximum atomic E-state index is 11.0. The summed E-state index contributed by atoms with van der Waals surface area (Å²) in [7, 11) is 0. The SMILES string of the molecule is CCSC(=O)C(C)(C)C. The van der Waals surface area contributed by atoms with Crippen LogP contribution in [0.1, 0.15) is 27.7 Å². The number of rotatable bonds is 1. The van der Waals surface area contributed by atoms with E-state index in [-0.39, 0.29) is 10.5 Å². The van der Waals surface area contributed by atoms with E-state index < -0.39 is 0 Å². The van der Waals surface area contributed by atoms with Gasteiger partial charge in [0, 0.05) is 5.41 Å². The fraction of sp³-hybridized carbons (Fsp3) is 0.857. The molecular formula is C7H14OS. The van der Waals surface area contributed by atoms with Gasteiger partial charge in [-0.2, -0.15) is 0 Å². The maximum absolute atomic E-state index is 11.0. The smallest absolute Gasteiger partial charge is 0.194 e.